The lowest BCUT2D eigenvalue weighted by molar-refractivity contribution is 0.0952. The maximum Gasteiger partial charge on any atom is 0.264 e. The lowest BCUT2D eigenvalue weighted by atomic mass is 10.1. The van der Waals surface area contributed by atoms with Crippen molar-refractivity contribution in [1.82, 2.24) is 5.32 Å². The molecule has 0 aliphatic carbocycles. The zero-order valence-corrected chi connectivity index (χ0v) is 15.9. The van der Waals surface area contributed by atoms with Crippen LogP contribution >= 0.6 is 0 Å². The molecule has 0 radical (unpaired) electrons. The standard InChI is InChI=1S/C19H23FN2O3S/c1-14(2)11-12-21-19(23)15-5-4-6-18(13-15)26(24,25)22(3)17-9-7-16(20)8-10-17/h4-10,13-14H,11-12H2,1-3H3,(H,21,23). The maximum absolute atomic E-state index is 13.1. The molecular formula is C19H23FN2O3S. The number of halogens is 1. The van der Waals surface area contributed by atoms with Crippen molar-refractivity contribution in [2.75, 3.05) is 17.9 Å². The minimum absolute atomic E-state index is 0.000773. The van der Waals surface area contributed by atoms with Gasteiger partial charge in [0.15, 0.2) is 0 Å². The van der Waals surface area contributed by atoms with E-state index in [2.05, 4.69) is 19.2 Å². The number of carbonyl (C=O) groups is 1. The van der Waals surface area contributed by atoms with E-state index in [1.165, 1.54) is 49.5 Å². The van der Waals surface area contributed by atoms with Crippen LogP contribution in [0.4, 0.5) is 10.1 Å². The average molecular weight is 378 g/mol. The second-order valence-electron chi connectivity index (χ2n) is 6.42. The van der Waals surface area contributed by atoms with Gasteiger partial charge in [0.05, 0.1) is 10.6 Å². The lowest BCUT2D eigenvalue weighted by Gasteiger charge is -2.20. The highest BCUT2D eigenvalue weighted by Crippen LogP contribution is 2.23. The van der Waals surface area contributed by atoms with Gasteiger partial charge >= 0.3 is 0 Å². The molecule has 0 fully saturated rings. The number of rotatable bonds is 7. The first-order chi connectivity index (χ1) is 12.2. The number of nitrogens with one attached hydrogen (secondary N) is 1. The van der Waals surface area contributed by atoms with Gasteiger partial charge < -0.3 is 5.32 Å². The molecular weight excluding hydrogens is 355 g/mol. The van der Waals surface area contributed by atoms with Crippen LogP contribution in [0.5, 0.6) is 0 Å². The van der Waals surface area contributed by atoms with Crippen LogP contribution in [-0.2, 0) is 10.0 Å². The van der Waals surface area contributed by atoms with E-state index in [0.29, 0.717) is 18.2 Å². The van der Waals surface area contributed by atoms with E-state index < -0.39 is 15.8 Å². The molecule has 0 saturated carbocycles. The van der Waals surface area contributed by atoms with Crippen molar-refractivity contribution in [3.63, 3.8) is 0 Å². The van der Waals surface area contributed by atoms with Crippen molar-refractivity contribution in [2.24, 2.45) is 5.92 Å². The number of hydrogen-bond acceptors (Lipinski definition) is 3. The molecule has 1 N–H and O–H groups in total. The monoisotopic (exact) mass is 378 g/mol. The summed E-state index contributed by atoms with van der Waals surface area (Å²) in [6.07, 6.45) is 0.844. The first-order valence-electron chi connectivity index (χ1n) is 8.34. The van der Waals surface area contributed by atoms with Crippen molar-refractivity contribution in [1.29, 1.82) is 0 Å². The normalized spacial score (nSPS) is 11.4. The number of carbonyl (C=O) groups excluding carboxylic acids is 1. The summed E-state index contributed by atoms with van der Waals surface area (Å²) in [6.45, 7) is 4.65. The zero-order chi connectivity index (χ0) is 19.3. The zero-order valence-electron chi connectivity index (χ0n) is 15.1. The first-order valence-corrected chi connectivity index (χ1v) is 9.78. The molecule has 0 aliphatic rings. The summed E-state index contributed by atoms with van der Waals surface area (Å²) in [7, 11) is -2.48. The van der Waals surface area contributed by atoms with Gasteiger partial charge in [0, 0.05) is 19.2 Å². The Balaban J connectivity index is 2.22. The van der Waals surface area contributed by atoms with Crippen LogP contribution in [0.3, 0.4) is 0 Å². The van der Waals surface area contributed by atoms with Gasteiger partial charge in [0.2, 0.25) is 0 Å². The fourth-order valence-corrected chi connectivity index (χ4v) is 3.56. The van der Waals surface area contributed by atoms with Gasteiger partial charge in [-0.2, -0.15) is 0 Å². The van der Waals surface area contributed by atoms with Crippen molar-refractivity contribution in [3.05, 3.63) is 59.9 Å². The van der Waals surface area contributed by atoms with Gasteiger partial charge in [-0.15, -0.1) is 0 Å². The van der Waals surface area contributed by atoms with Crippen molar-refractivity contribution in [2.45, 2.75) is 25.2 Å². The molecule has 0 aliphatic heterocycles. The SMILES string of the molecule is CC(C)CCNC(=O)c1cccc(S(=O)(=O)N(C)c2ccc(F)cc2)c1. The second kappa shape index (κ2) is 8.31. The van der Waals surface area contributed by atoms with Crippen LogP contribution in [0.15, 0.2) is 53.4 Å². The predicted molar refractivity (Wildman–Crippen MR) is 100 cm³/mol. The molecule has 0 saturated heterocycles. The smallest absolute Gasteiger partial charge is 0.264 e. The Labute approximate surface area is 153 Å². The third-order valence-corrected chi connectivity index (χ3v) is 5.73. The fraction of sp³-hybridized carbons (Fsp3) is 0.316. The Morgan fingerprint density at radius 3 is 2.42 bits per heavy atom. The van der Waals surface area contributed by atoms with Gasteiger partial charge in [-0.25, -0.2) is 12.8 Å². The minimum atomic E-state index is -3.86. The highest BCUT2D eigenvalue weighted by molar-refractivity contribution is 7.92. The Morgan fingerprint density at radius 1 is 1.15 bits per heavy atom. The van der Waals surface area contributed by atoms with Crippen LogP contribution < -0.4 is 9.62 Å². The predicted octanol–water partition coefficient (Wildman–Crippen LogP) is 3.43. The van der Waals surface area contributed by atoms with Gasteiger partial charge in [0.1, 0.15) is 5.82 Å². The van der Waals surface area contributed by atoms with Gasteiger partial charge in [-0.05, 0) is 54.8 Å². The molecule has 140 valence electrons. The molecule has 0 unspecified atom stereocenters. The van der Waals surface area contributed by atoms with E-state index in [1.807, 2.05) is 0 Å². The number of amides is 1. The molecule has 5 nitrogen and oxygen atoms in total. The number of benzene rings is 2. The molecule has 2 aromatic rings. The Bertz CT molecular complexity index is 865. The van der Waals surface area contributed by atoms with E-state index in [-0.39, 0.29) is 16.4 Å². The van der Waals surface area contributed by atoms with Gasteiger partial charge in [0.25, 0.3) is 15.9 Å². The molecule has 2 aromatic carbocycles. The van der Waals surface area contributed by atoms with Gasteiger partial charge in [-0.3, -0.25) is 9.10 Å². The fourth-order valence-electron chi connectivity index (χ4n) is 2.32. The third kappa shape index (κ3) is 4.82. The van der Waals surface area contributed by atoms with E-state index in [0.717, 1.165) is 10.7 Å². The summed E-state index contributed by atoms with van der Waals surface area (Å²) in [6, 6.07) is 11.0. The van der Waals surface area contributed by atoms with Crippen molar-refractivity contribution >= 4 is 21.6 Å². The lowest BCUT2D eigenvalue weighted by Crippen LogP contribution is -2.28. The Hall–Kier alpha value is -2.41. The molecule has 0 atom stereocenters. The summed E-state index contributed by atoms with van der Waals surface area (Å²) >= 11 is 0. The molecule has 7 heteroatoms. The molecule has 1 amide bonds. The summed E-state index contributed by atoms with van der Waals surface area (Å²) in [5, 5.41) is 2.79. The third-order valence-electron chi connectivity index (χ3n) is 3.95. The van der Waals surface area contributed by atoms with Crippen LogP contribution in [0.1, 0.15) is 30.6 Å². The van der Waals surface area contributed by atoms with Crippen LogP contribution in [0.25, 0.3) is 0 Å². The molecule has 26 heavy (non-hydrogen) atoms. The van der Waals surface area contributed by atoms with Crippen LogP contribution in [0.2, 0.25) is 0 Å². The summed E-state index contributed by atoms with van der Waals surface area (Å²) in [5.74, 6) is -0.293. The largest absolute Gasteiger partial charge is 0.352 e. The molecule has 0 bridgehead atoms. The number of anilines is 1. The number of hydrogen-bond donors (Lipinski definition) is 1. The highest BCUT2D eigenvalue weighted by atomic mass is 32.2. The molecule has 0 aromatic heterocycles. The molecule has 2 rings (SSSR count). The molecule has 0 spiro atoms. The van der Waals surface area contributed by atoms with Crippen LogP contribution in [-0.4, -0.2) is 27.9 Å². The first kappa shape index (κ1) is 19.9. The number of sulfonamides is 1. The van der Waals surface area contributed by atoms with E-state index in [9.17, 15) is 17.6 Å². The quantitative estimate of drug-likeness (QED) is 0.803. The van der Waals surface area contributed by atoms with Gasteiger partial charge in [-0.1, -0.05) is 19.9 Å². The van der Waals surface area contributed by atoms with Crippen molar-refractivity contribution in [3.8, 4) is 0 Å². The summed E-state index contributed by atoms with van der Waals surface area (Å²) in [4.78, 5) is 12.2. The maximum atomic E-state index is 13.1. The van der Waals surface area contributed by atoms with E-state index >= 15 is 0 Å². The summed E-state index contributed by atoms with van der Waals surface area (Å²) in [5.41, 5.74) is 0.612. The molecule has 0 heterocycles. The van der Waals surface area contributed by atoms with E-state index in [4.69, 9.17) is 0 Å². The Kier molecular flexibility index (Phi) is 6.37. The van der Waals surface area contributed by atoms with E-state index in [1.54, 1.807) is 6.07 Å². The Morgan fingerprint density at radius 2 is 1.81 bits per heavy atom. The minimum Gasteiger partial charge on any atom is -0.352 e. The van der Waals surface area contributed by atoms with Crippen LogP contribution in [0, 0.1) is 11.7 Å². The highest BCUT2D eigenvalue weighted by Gasteiger charge is 2.22. The average Bonchev–Trinajstić information content (AvgIpc) is 2.61. The summed E-state index contributed by atoms with van der Waals surface area (Å²) < 4.78 is 39.7. The topological polar surface area (TPSA) is 66.5 Å². The second-order valence-corrected chi connectivity index (χ2v) is 8.38. The van der Waals surface area contributed by atoms with Crippen molar-refractivity contribution < 1.29 is 17.6 Å². The number of nitrogens with zero attached hydrogens (tertiary/aromatic N) is 1.